The molecule has 4 heteroatoms. The van der Waals surface area contributed by atoms with Gasteiger partial charge in [-0.05, 0) is 44.7 Å². The third-order valence-corrected chi connectivity index (χ3v) is 4.03. The molecule has 1 saturated heterocycles. The van der Waals surface area contributed by atoms with Crippen LogP contribution in [0.25, 0.3) is 0 Å². The van der Waals surface area contributed by atoms with Crippen molar-refractivity contribution in [1.82, 2.24) is 4.90 Å². The van der Waals surface area contributed by atoms with Gasteiger partial charge in [-0.2, -0.15) is 0 Å². The Morgan fingerprint density at radius 1 is 1.33 bits per heavy atom. The van der Waals surface area contributed by atoms with Crippen LogP contribution in [0, 0.1) is 0 Å². The lowest BCUT2D eigenvalue weighted by atomic mass is 9.99. The third kappa shape index (κ3) is 4.06. The maximum absolute atomic E-state index is 12.5. The van der Waals surface area contributed by atoms with Gasteiger partial charge in [0, 0.05) is 23.8 Å². The molecule has 0 radical (unpaired) electrons. The molecule has 1 fully saturated rings. The standard InChI is InChI=1S/C17H24N2O2/c1-3-7-16-10-4-5-11-19(16)17(21)18-15-9-6-8-14(12-15)13(2)20/h6,8-9,12,16H,3-5,7,10-11H2,1-2H3,(H,18,21). The summed E-state index contributed by atoms with van der Waals surface area (Å²) in [6.45, 7) is 4.51. The number of hydrogen-bond donors (Lipinski definition) is 1. The molecule has 4 nitrogen and oxygen atoms in total. The van der Waals surface area contributed by atoms with Crippen molar-refractivity contribution in [3.05, 3.63) is 29.8 Å². The lowest BCUT2D eigenvalue weighted by molar-refractivity contribution is 0.101. The van der Waals surface area contributed by atoms with E-state index >= 15 is 0 Å². The molecule has 1 aliphatic heterocycles. The van der Waals surface area contributed by atoms with Crippen molar-refractivity contribution >= 4 is 17.5 Å². The van der Waals surface area contributed by atoms with E-state index in [-0.39, 0.29) is 11.8 Å². The van der Waals surface area contributed by atoms with Crippen LogP contribution in [0.3, 0.4) is 0 Å². The molecule has 1 unspecified atom stereocenters. The predicted molar refractivity (Wildman–Crippen MR) is 84.7 cm³/mol. The van der Waals surface area contributed by atoms with Gasteiger partial charge in [-0.15, -0.1) is 0 Å². The molecule has 1 N–H and O–H groups in total. The van der Waals surface area contributed by atoms with Crippen LogP contribution in [-0.4, -0.2) is 29.3 Å². The molecule has 1 atom stereocenters. The Kier molecular flexibility index (Phi) is 5.37. The van der Waals surface area contributed by atoms with E-state index in [0.717, 1.165) is 32.2 Å². The van der Waals surface area contributed by atoms with Crippen molar-refractivity contribution < 1.29 is 9.59 Å². The highest BCUT2D eigenvalue weighted by Gasteiger charge is 2.25. The fourth-order valence-electron chi connectivity index (χ4n) is 2.91. The molecular weight excluding hydrogens is 264 g/mol. The summed E-state index contributed by atoms with van der Waals surface area (Å²) >= 11 is 0. The predicted octanol–water partition coefficient (Wildman–Crippen LogP) is 4.08. The molecule has 0 bridgehead atoms. The van der Waals surface area contributed by atoms with Gasteiger partial charge >= 0.3 is 6.03 Å². The Morgan fingerprint density at radius 2 is 2.14 bits per heavy atom. The minimum absolute atomic E-state index is 0.00734. The van der Waals surface area contributed by atoms with Crippen molar-refractivity contribution in [2.75, 3.05) is 11.9 Å². The summed E-state index contributed by atoms with van der Waals surface area (Å²) in [4.78, 5) is 25.8. The second-order valence-corrected chi connectivity index (χ2v) is 5.70. The lowest BCUT2D eigenvalue weighted by Crippen LogP contribution is -2.45. The van der Waals surface area contributed by atoms with Crippen LogP contribution >= 0.6 is 0 Å². The highest BCUT2D eigenvalue weighted by atomic mass is 16.2. The summed E-state index contributed by atoms with van der Waals surface area (Å²) in [5.74, 6) is 0.00734. The van der Waals surface area contributed by atoms with Crippen LogP contribution in [0.2, 0.25) is 0 Å². The zero-order valence-electron chi connectivity index (χ0n) is 12.9. The minimum Gasteiger partial charge on any atom is -0.322 e. The monoisotopic (exact) mass is 288 g/mol. The number of rotatable bonds is 4. The Labute approximate surface area is 126 Å². The van der Waals surface area contributed by atoms with E-state index in [1.54, 1.807) is 18.2 Å². The van der Waals surface area contributed by atoms with Gasteiger partial charge in [-0.3, -0.25) is 4.79 Å². The number of benzene rings is 1. The Balaban J connectivity index is 2.05. The zero-order valence-corrected chi connectivity index (χ0v) is 12.9. The number of carbonyl (C=O) groups is 2. The number of carbonyl (C=O) groups excluding carboxylic acids is 2. The van der Waals surface area contributed by atoms with E-state index in [9.17, 15) is 9.59 Å². The van der Waals surface area contributed by atoms with E-state index in [2.05, 4.69) is 12.2 Å². The van der Waals surface area contributed by atoms with Gasteiger partial charge in [-0.25, -0.2) is 4.79 Å². The van der Waals surface area contributed by atoms with E-state index in [1.165, 1.54) is 13.3 Å². The lowest BCUT2D eigenvalue weighted by Gasteiger charge is -2.35. The van der Waals surface area contributed by atoms with E-state index in [4.69, 9.17) is 0 Å². The highest BCUT2D eigenvalue weighted by Crippen LogP contribution is 2.22. The number of Topliss-reactive ketones (excluding diaryl/α,β-unsaturated/α-hetero) is 1. The first-order valence-electron chi connectivity index (χ1n) is 7.80. The second kappa shape index (κ2) is 7.25. The van der Waals surface area contributed by atoms with Crippen LogP contribution in [0.4, 0.5) is 10.5 Å². The average Bonchev–Trinajstić information content (AvgIpc) is 2.48. The molecule has 1 aromatic carbocycles. The molecule has 0 aromatic heterocycles. The van der Waals surface area contributed by atoms with Crippen LogP contribution in [0.15, 0.2) is 24.3 Å². The quantitative estimate of drug-likeness (QED) is 0.849. The third-order valence-electron chi connectivity index (χ3n) is 4.03. The van der Waals surface area contributed by atoms with Crippen molar-refractivity contribution in [2.45, 2.75) is 52.0 Å². The first-order chi connectivity index (χ1) is 10.1. The van der Waals surface area contributed by atoms with Gasteiger partial charge < -0.3 is 10.2 Å². The summed E-state index contributed by atoms with van der Waals surface area (Å²) in [6.07, 6.45) is 5.51. The topological polar surface area (TPSA) is 49.4 Å². The number of ketones is 1. The first-order valence-corrected chi connectivity index (χ1v) is 7.80. The summed E-state index contributed by atoms with van der Waals surface area (Å²) in [5.41, 5.74) is 1.31. The summed E-state index contributed by atoms with van der Waals surface area (Å²) in [7, 11) is 0. The molecule has 0 aliphatic carbocycles. The fourth-order valence-corrected chi connectivity index (χ4v) is 2.91. The fraction of sp³-hybridized carbons (Fsp3) is 0.529. The SMILES string of the molecule is CCCC1CCCCN1C(=O)Nc1cccc(C(C)=O)c1. The van der Waals surface area contributed by atoms with Gasteiger partial charge in [0.1, 0.15) is 0 Å². The van der Waals surface area contributed by atoms with Crippen molar-refractivity contribution in [1.29, 1.82) is 0 Å². The summed E-state index contributed by atoms with van der Waals surface area (Å²) in [5, 5.41) is 2.93. The maximum Gasteiger partial charge on any atom is 0.322 e. The molecule has 21 heavy (non-hydrogen) atoms. The van der Waals surface area contributed by atoms with Gasteiger partial charge in [0.15, 0.2) is 5.78 Å². The minimum atomic E-state index is -0.0474. The van der Waals surface area contributed by atoms with Crippen LogP contribution in [0.5, 0.6) is 0 Å². The van der Waals surface area contributed by atoms with Gasteiger partial charge in [-0.1, -0.05) is 25.5 Å². The van der Waals surface area contributed by atoms with Crippen LogP contribution in [-0.2, 0) is 0 Å². The maximum atomic E-state index is 12.5. The van der Waals surface area contributed by atoms with Crippen molar-refractivity contribution in [2.24, 2.45) is 0 Å². The van der Waals surface area contributed by atoms with Gasteiger partial charge in [0.2, 0.25) is 0 Å². The molecule has 0 spiro atoms. The van der Waals surface area contributed by atoms with Crippen molar-refractivity contribution in [3.8, 4) is 0 Å². The van der Waals surface area contributed by atoms with Crippen molar-refractivity contribution in [3.63, 3.8) is 0 Å². The molecule has 2 amide bonds. The number of nitrogens with zero attached hydrogens (tertiary/aromatic N) is 1. The molecule has 2 rings (SSSR count). The van der Waals surface area contributed by atoms with E-state index in [1.807, 2.05) is 11.0 Å². The van der Waals surface area contributed by atoms with E-state index < -0.39 is 0 Å². The van der Waals surface area contributed by atoms with E-state index in [0.29, 0.717) is 17.3 Å². The molecular formula is C17H24N2O2. The Hall–Kier alpha value is -1.84. The van der Waals surface area contributed by atoms with Gasteiger partial charge in [0.25, 0.3) is 0 Å². The average molecular weight is 288 g/mol. The molecule has 1 heterocycles. The van der Waals surface area contributed by atoms with Gasteiger partial charge in [0.05, 0.1) is 0 Å². The smallest absolute Gasteiger partial charge is 0.322 e. The number of anilines is 1. The number of likely N-dealkylation sites (tertiary alicyclic amines) is 1. The number of nitrogens with one attached hydrogen (secondary N) is 1. The number of urea groups is 1. The Bertz CT molecular complexity index is 511. The summed E-state index contributed by atoms with van der Waals surface area (Å²) < 4.78 is 0. The number of amides is 2. The van der Waals surface area contributed by atoms with Crippen LogP contribution in [0.1, 0.15) is 56.3 Å². The largest absolute Gasteiger partial charge is 0.322 e. The highest BCUT2D eigenvalue weighted by molar-refractivity contribution is 5.96. The molecule has 114 valence electrons. The summed E-state index contributed by atoms with van der Waals surface area (Å²) in [6, 6.07) is 7.42. The molecule has 1 aromatic rings. The number of hydrogen-bond acceptors (Lipinski definition) is 2. The molecule has 0 saturated carbocycles. The Morgan fingerprint density at radius 3 is 2.86 bits per heavy atom. The second-order valence-electron chi connectivity index (χ2n) is 5.70. The zero-order chi connectivity index (χ0) is 15.2. The number of piperidine rings is 1. The van der Waals surface area contributed by atoms with Crippen LogP contribution < -0.4 is 5.32 Å². The molecule has 1 aliphatic rings. The normalized spacial score (nSPS) is 18.4. The first kappa shape index (κ1) is 15.5.